The number of ether oxygens (including phenoxy) is 1. The fourth-order valence-corrected chi connectivity index (χ4v) is 4.15. The van der Waals surface area contributed by atoms with Gasteiger partial charge in [-0.2, -0.15) is 0 Å². The lowest BCUT2D eigenvalue weighted by Crippen LogP contribution is -2.47. The number of benzene rings is 1. The van der Waals surface area contributed by atoms with Gasteiger partial charge in [0, 0.05) is 43.8 Å². The predicted molar refractivity (Wildman–Crippen MR) is 130 cm³/mol. The summed E-state index contributed by atoms with van der Waals surface area (Å²) < 4.78 is 34.6. The minimum absolute atomic E-state index is 0.0112. The van der Waals surface area contributed by atoms with Crippen LogP contribution in [0.25, 0.3) is 5.69 Å². The summed E-state index contributed by atoms with van der Waals surface area (Å²) in [5.74, 6) is -1.01. The van der Waals surface area contributed by atoms with Crippen molar-refractivity contribution < 1.29 is 18.6 Å². The summed E-state index contributed by atoms with van der Waals surface area (Å²) in [4.78, 5) is 17.5. The number of hydrogen-bond donors (Lipinski definition) is 4. The van der Waals surface area contributed by atoms with Crippen LogP contribution in [0.1, 0.15) is 24.0 Å². The molecule has 1 aliphatic rings. The standard InChI is InChI=1S/C24H24ClF2N5O3/c25-17-13-30-22(31-24(14-33)5-8-35-9-6-24)10-21(17)32-7-4-20(15(11-28)23(32)34)29-12-16-18(26)2-1-3-19(16)27/h1-4,7,10-11,13,28-29,33H,5-6,8-9,12,14H2,(H,30,31). The SMILES string of the molecule is N=Cc1c(NCc2c(F)cccc2F)ccn(-c2cc(NC3(CO)CCOCC3)ncc2Cl)c1=O. The summed E-state index contributed by atoms with van der Waals surface area (Å²) in [6.07, 6.45) is 4.90. The number of aliphatic hydroxyl groups is 1. The molecule has 1 saturated heterocycles. The zero-order valence-electron chi connectivity index (χ0n) is 18.7. The monoisotopic (exact) mass is 503 g/mol. The van der Waals surface area contributed by atoms with Gasteiger partial charge in [-0.3, -0.25) is 9.36 Å². The van der Waals surface area contributed by atoms with Gasteiger partial charge in [0.1, 0.15) is 17.5 Å². The number of halogens is 3. The van der Waals surface area contributed by atoms with Crippen LogP contribution < -0.4 is 16.2 Å². The Morgan fingerprint density at radius 2 is 1.97 bits per heavy atom. The molecule has 11 heteroatoms. The van der Waals surface area contributed by atoms with E-state index in [0.29, 0.717) is 37.6 Å². The van der Waals surface area contributed by atoms with Crippen LogP contribution in [0.3, 0.4) is 0 Å². The smallest absolute Gasteiger partial charge is 0.266 e. The first-order valence-electron chi connectivity index (χ1n) is 10.9. The Bertz CT molecular complexity index is 1270. The molecular formula is C24H24ClF2N5O3. The molecular weight excluding hydrogens is 480 g/mol. The molecule has 35 heavy (non-hydrogen) atoms. The fraction of sp³-hybridized carbons (Fsp3) is 0.292. The Hall–Kier alpha value is -3.34. The number of aliphatic hydroxyl groups excluding tert-OH is 1. The molecule has 4 rings (SSSR count). The van der Waals surface area contributed by atoms with Gasteiger partial charge >= 0.3 is 0 Å². The van der Waals surface area contributed by atoms with Gasteiger partial charge in [0.05, 0.1) is 40.3 Å². The third kappa shape index (κ3) is 5.19. The Morgan fingerprint density at radius 3 is 2.63 bits per heavy atom. The largest absolute Gasteiger partial charge is 0.394 e. The molecule has 0 saturated carbocycles. The van der Waals surface area contributed by atoms with E-state index in [1.807, 2.05) is 0 Å². The van der Waals surface area contributed by atoms with Crippen LogP contribution in [0.4, 0.5) is 20.3 Å². The van der Waals surface area contributed by atoms with Crippen LogP contribution in [-0.4, -0.2) is 46.2 Å². The van der Waals surface area contributed by atoms with Gasteiger partial charge in [-0.15, -0.1) is 0 Å². The van der Waals surface area contributed by atoms with Crippen molar-refractivity contribution in [1.82, 2.24) is 9.55 Å². The first-order chi connectivity index (χ1) is 16.9. The average Bonchev–Trinajstić information content (AvgIpc) is 2.86. The second-order valence-corrected chi connectivity index (χ2v) is 8.62. The first kappa shape index (κ1) is 24.8. The third-order valence-corrected chi connectivity index (χ3v) is 6.32. The van der Waals surface area contributed by atoms with Crippen LogP contribution in [-0.2, 0) is 11.3 Å². The van der Waals surface area contributed by atoms with E-state index < -0.39 is 22.7 Å². The van der Waals surface area contributed by atoms with Crippen molar-refractivity contribution in [3.63, 3.8) is 0 Å². The van der Waals surface area contributed by atoms with Crippen molar-refractivity contribution in [2.75, 3.05) is 30.5 Å². The second-order valence-electron chi connectivity index (χ2n) is 8.21. The zero-order valence-corrected chi connectivity index (χ0v) is 19.4. The van der Waals surface area contributed by atoms with Gasteiger partial charge in [0.2, 0.25) is 0 Å². The molecule has 1 aromatic carbocycles. The fourth-order valence-electron chi connectivity index (χ4n) is 3.96. The number of nitrogens with one attached hydrogen (secondary N) is 3. The minimum atomic E-state index is -0.712. The first-order valence-corrected chi connectivity index (χ1v) is 11.3. The number of rotatable bonds is 8. The number of aromatic nitrogens is 2. The molecule has 0 unspecified atom stereocenters. The number of pyridine rings is 2. The highest BCUT2D eigenvalue weighted by molar-refractivity contribution is 6.32. The molecule has 0 spiro atoms. The van der Waals surface area contributed by atoms with Gasteiger partial charge in [-0.25, -0.2) is 13.8 Å². The van der Waals surface area contributed by atoms with Crippen molar-refractivity contribution >= 4 is 29.3 Å². The Morgan fingerprint density at radius 1 is 1.26 bits per heavy atom. The van der Waals surface area contributed by atoms with Crippen molar-refractivity contribution in [2.45, 2.75) is 24.9 Å². The molecule has 4 N–H and O–H groups in total. The molecule has 0 atom stereocenters. The lowest BCUT2D eigenvalue weighted by molar-refractivity contribution is 0.0378. The topological polar surface area (TPSA) is 112 Å². The van der Waals surface area contributed by atoms with E-state index in [0.717, 1.165) is 18.3 Å². The quantitative estimate of drug-likeness (QED) is 0.348. The lowest BCUT2D eigenvalue weighted by atomic mass is 9.91. The number of anilines is 2. The molecule has 0 aliphatic carbocycles. The van der Waals surface area contributed by atoms with E-state index >= 15 is 0 Å². The maximum Gasteiger partial charge on any atom is 0.266 e. The molecule has 184 valence electrons. The number of hydrogen-bond acceptors (Lipinski definition) is 7. The van der Waals surface area contributed by atoms with Crippen LogP contribution in [0.5, 0.6) is 0 Å². The molecule has 0 radical (unpaired) electrons. The van der Waals surface area contributed by atoms with E-state index in [2.05, 4.69) is 15.6 Å². The highest BCUT2D eigenvalue weighted by Crippen LogP contribution is 2.28. The molecule has 1 aliphatic heterocycles. The summed E-state index contributed by atoms with van der Waals surface area (Å²) in [6, 6.07) is 6.68. The molecule has 8 nitrogen and oxygen atoms in total. The van der Waals surface area contributed by atoms with Crippen molar-refractivity contribution in [1.29, 1.82) is 5.41 Å². The molecule has 0 amide bonds. The summed E-state index contributed by atoms with van der Waals surface area (Å²) in [6.45, 7) is 0.680. The van der Waals surface area contributed by atoms with Crippen LogP contribution in [0.15, 0.2) is 47.5 Å². The highest BCUT2D eigenvalue weighted by Gasteiger charge is 2.32. The second kappa shape index (κ2) is 10.5. The summed E-state index contributed by atoms with van der Waals surface area (Å²) in [5.41, 5.74) is -0.773. The maximum absolute atomic E-state index is 14.0. The summed E-state index contributed by atoms with van der Waals surface area (Å²) >= 11 is 6.35. The molecule has 1 fully saturated rings. The molecule has 3 aromatic rings. The third-order valence-electron chi connectivity index (χ3n) is 6.03. The highest BCUT2D eigenvalue weighted by atomic mass is 35.5. The van der Waals surface area contributed by atoms with Gasteiger partial charge < -0.3 is 25.9 Å². The van der Waals surface area contributed by atoms with Gasteiger partial charge in [-0.1, -0.05) is 17.7 Å². The van der Waals surface area contributed by atoms with E-state index in [1.165, 1.54) is 29.1 Å². The van der Waals surface area contributed by atoms with E-state index in [-0.39, 0.29) is 35.0 Å². The van der Waals surface area contributed by atoms with Crippen LogP contribution >= 0.6 is 11.6 Å². The average molecular weight is 504 g/mol. The molecule has 0 bridgehead atoms. The molecule has 3 heterocycles. The van der Waals surface area contributed by atoms with E-state index in [1.54, 1.807) is 6.07 Å². The van der Waals surface area contributed by atoms with Gasteiger partial charge in [0.15, 0.2) is 0 Å². The van der Waals surface area contributed by atoms with Crippen molar-refractivity contribution in [2.24, 2.45) is 0 Å². The molecule has 2 aromatic heterocycles. The van der Waals surface area contributed by atoms with Gasteiger partial charge in [-0.05, 0) is 31.0 Å². The predicted octanol–water partition coefficient (Wildman–Crippen LogP) is 3.73. The zero-order chi connectivity index (χ0) is 25.0. The van der Waals surface area contributed by atoms with Crippen LogP contribution in [0.2, 0.25) is 5.02 Å². The lowest BCUT2D eigenvalue weighted by Gasteiger charge is -2.36. The van der Waals surface area contributed by atoms with E-state index in [4.69, 9.17) is 21.7 Å². The summed E-state index contributed by atoms with van der Waals surface area (Å²) in [5, 5.41) is 24.0. The minimum Gasteiger partial charge on any atom is -0.394 e. The Balaban J connectivity index is 1.64. The van der Waals surface area contributed by atoms with Crippen molar-refractivity contribution in [3.05, 3.63) is 80.9 Å². The Kier molecular flexibility index (Phi) is 7.44. The van der Waals surface area contributed by atoms with Crippen LogP contribution in [0, 0.1) is 17.0 Å². The van der Waals surface area contributed by atoms with Crippen molar-refractivity contribution in [3.8, 4) is 5.69 Å². The summed E-state index contributed by atoms with van der Waals surface area (Å²) in [7, 11) is 0. The van der Waals surface area contributed by atoms with E-state index in [9.17, 15) is 18.7 Å². The maximum atomic E-state index is 14.0. The Labute approximate surface area is 205 Å². The van der Waals surface area contributed by atoms with Gasteiger partial charge in [0.25, 0.3) is 5.56 Å². The normalized spacial score (nSPS) is 15.0. The number of nitrogens with zero attached hydrogens (tertiary/aromatic N) is 2.